The van der Waals surface area contributed by atoms with E-state index in [1.54, 1.807) is 11.3 Å². The average Bonchev–Trinajstić information content (AvgIpc) is 2.82. The molecule has 106 valence electrons. The number of piperidine rings is 1. The summed E-state index contributed by atoms with van der Waals surface area (Å²) in [5.74, 6) is 0.367. The first kappa shape index (κ1) is 14.5. The van der Waals surface area contributed by atoms with Gasteiger partial charge in [0, 0.05) is 13.1 Å². The van der Waals surface area contributed by atoms with Gasteiger partial charge >= 0.3 is 0 Å². The first-order valence-corrected chi connectivity index (χ1v) is 7.99. The second-order valence-electron chi connectivity index (χ2n) is 6.32. The van der Waals surface area contributed by atoms with E-state index in [1.165, 1.54) is 12.8 Å². The highest BCUT2D eigenvalue weighted by Gasteiger charge is 2.27. The monoisotopic (exact) mass is 280 g/mol. The smallest absolute Gasteiger partial charge is 0.186 e. The van der Waals surface area contributed by atoms with Gasteiger partial charge in [0.2, 0.25) is 0 Å². The molecule has 0 aliphatic carbocycles. The number of aldehydes is 1. The molecule has 1 aromatic rings. The van der Waals surface area contributed by atoms with Crippen molar-refractivity contribution >= 4 is 22.8 Å². The molecule has 0 aromatic carbocycles. The van der Waals surface area contributed by atoms with E-state index >= 15 is 0 Å². The number of thiazole rings is 1. The summed E-state index contributed by atoms with van der Waals surface area (Å²) in [6.07, 6.45) is 4.39. The average molecular weight is 280 g/mol. The number of aromatic nitrogens is 1. The Morgan fingerprint density at radius 2 is 2.05 bits per heavy atom. The molecule has 2 rings (SSSR count). The number of hydrogen-bond acceptors (Lipinski definition) is 4. The summed E-state index contributed by atoms with van der Waals surface area (Å²) in [6.45, 7) is 11.0. The van der Waals surface area contributed by atoms with Crippen molar-refractivity contribution in [3.8, 4) is 0 Å². The molecule has 0 N–H and O–H groups in total. The van der Waals surface area contributed by atoms with Crippen molar-refractivity contribution in [3.63, 3.8) is 0 Å². The second kappa shape index (κ2) is 5.61. The molecule has 2 heterocycles. The quantitative estimate of drug-likeness (QED) is 0.779. The van der Waals surface area contributed by atoms with Crippen molar-refractivity contribution in [2.45, 2.75) is 52.9 Å². The SMILES string of the molecule is CCC(C)c1nc(N2CCC(C)(C)CC2)sc1C=O. The van der Waals surface area contributed by atoms with Crippen LogP contribution in [0.5, 0.6) is 0 Å². The van der Waals surface area contributed by atoms with E-state index in [9.17, 15) is 4.79 Å². The van der Waals surface area contributed by atoms with Gasteiger partial charge in [-0.1, -0.05) is 39.0 Å². The van der Waals surface area contributed by atoms with Crippen LogP contribution in [0.3, 0.4) is 0 Å². The van der Waals surface area contributed by atoms with Crippen LogP contribution in [0.4, 0.5) is 5.13 Å². The standard InChI is InChI=1S/C15H24N2OS/c1-5-11(2)13-12(10-18)19-14(16-13)17-8-6-15(3,4)7-9-17/h10-11H,5-9H2,1-4H3. The molecule has 0 amide bonds. The van der Waals surface area contributed by atoms with Crippen molar-refractivity contribution in [1.82, 2.24) is 4.98 Å². The van der Waals surface area contributed by atoms with Crippen LogP contribution >= 0.6 is 11.3 Å². The first-order chi connectivity index (χ1) is 8.96. The molecule has 0 bridgehead atoms. The fourth-order valence-corrected chi connectivity index (χ4v) is 3.45. The van der Waals surface area contributed by atoms with Gasteiger partial charge in [0.15, 0.2) is 11.4 Å². The molecule has 1 unspecified atom stereocenters. The third kappa shape index (κ3) is 3.16. The fourth-order valence-electron chi connectivity index (χ4n) is 2.40. The van der Waals surface area contributed by atoms with Gasteiger partial charge < -0.3 is 4.90 Å². The maximum absolute atomic E-state index is 11.2. The van der Waals surface area contributed by atoms with Crippen molar-refractivity contribution in [2.75, 3.05) is 18.0 Å². The van der Waals surface area contributed by atoms with E-state index in [0.717, 1.165) is 41.5 Å². The van der Waals surface area contributed by atoms with Gasteiger partial charge in [-0.15, -0.1) is 0 Å². The number of carbonyl (C=O) groups excluding carboxylic acids is 1. The van der Waals surface area contributed by atoms with Gasteiger partial charge in [-0.05, 0) is 30.6 Å². The van der Waals surface area contributed by atoms with Crippen molar-refractivity contribution < 1.29 is 4.79 Å². The van der Waals surface area contributed by atoms with Crippen LogP contribution in [0.15, 0.2) is 0 Å². The van der Waals surface area contributed by atoms with E-state index < -0.39 is 0 Å². The fraction of sp³-hybridized carbons (Fsp3) is 0.733. The van der Waals surface area contributed by atoms with E-state index in [0.29, 0.717) is 11.3 Å². The highest BCUT2D eigenvalue weighted by Crippen LogP contribution is 2.36. The number of anilines is 1. The Kier molecular flexibility index (Phi) is 4.29. The van der Waals surface area contributed by atoms with Gasteiger partial charge in [0.1, 0.15) is 0 Å². The van der Waals surface area contributed by atoms with Crippen LogP contribution in [-0.4, -0.2) is 24.4 Å². The Labute approximate surface area is 120 Å². The Balaban J connectivity index is 2.17. The molecule has 0 saturated carbocycles. The maximum Gasteiger partial charge on any atom is 0.186 e. The van der Waals surface area contributed by atoms with E-state index in [4.69, 9.17) is 4.98 Å². The molecule has 1 aliphatic rings. The molecule has 1 saturated heterocycles. The predicted molar refractivity (Wildman–Crippen MR) is 81.4 cm³/mol. The third-order valence-corrected chi connectivity index (χ3v) is 5.30. The lowest BCUT2D eigenvalue weighted by Crippen LogP contribution is -2.37. The van der Waals surface area contributed by atoms with Gasteiger partial charge in [-0.2, -0.15) is 0 Å². The molecule has 1 atom stereocenters. The largest absolute Gasteiger partial charge is 0.348 e. The molecule has 0 radical (unpaired) electrons. The summed E-state index contributed by atoms with van der Waals surface area (Å²) in [5.41, 5.74) is 1.43. The minimum atomic E-state index is 0.367. The minimum absolute atomic E-state index is 0.367. The zero-order valence-corrected chi connectivity index (χ0v) is 13.2. The van der Waals surface area contributed by atoms with E-state index in [-0.39, 0.29) is 0 Å². The zero-order valence-electron chi connectivity index (χ0n) is 12.4. The summed E-state index contributed by atoms with van der Waals surface area (Å²) in [6, 6.07) is 0. The minimum Gasteiger partial charge on any atom is -0.348 e. The molecular weight excluding hydrogens is 256 g/mol. The summed E-state index contributed by atoms with van der Waals surface area (Å²) in [5, 5.41) is 1.04. The van der Waals surface area contributed by atoms with Crippen molar-refractivity contribution in [1.29, 1.82) is 0 Å². The Morgan fingerprint density at radius 3 is 2.58 bits per heavy atom. The predicted octanol–water partition coefficient (Wildman–Crippen LogP) is 4.10. The summed E-state index contributed by atoms with van der Waals surface area (Å²) in [4.78, 5) is 19.1. The molecule has 1 aliphatic heterocycles. The Hall–Kier alpha value is -0.900. The summed E-state index contributed by atoms with van der Waals surface area (Å²) < 4.78 is 0. The Morgan fingerprint density at radius 1 is 1.42 bits per heavy atom. The van der Waals surface area contributed by atoms with Crippen molar-refractivity contribution in [3.05, 3.63) is 10.6 Å². The number of carbonyl (C=O) groups is 1. The van der Waals surface area contributed by atoms with Crippen LogP contribution in [0.25, 0.3) is 0 Å². The first-order valence-electron chi connectivity index (χ1n) is 7.17. The van der Waals surface area contributed by atoms with Crippen LogP contribution in [0, 0.1) is 5.41 Å². The van der Waals surface area contributed by atoms with E-state index in [2.05, 4.69) is 32.6 Å². The van der Waals surface area contributed by atoms with Gasteiger partial charge in [-0.25, -0.2) is 4.98 Å². The number of rotatable bonds is 4. The zero-order chi connectivity index (χ0) is 14.0. The number of nitrogens with zero attached hydrogens (tertiary/aromatic N) is 2. The molecule has 4 heteroatoms. The molecular formula is C15H24N2OS. The second-order valence-corrected chi connectivity index (χ2v) is 7.33. The normalized spacial score (nSPS) is 20.3. The summed E-state index contributed by atoms with van der Waals surface area (Å²) in [7, 11) is 0. The lowest BCUT2D eigenvalue weighted by atomic mass is 9.83. The summed E-state index contributed by atoms with van der Waals surface area (Å²) >= 11 is 1.56. The lowest BCUT2D eigenvalue weighted by Gasteiger charge is -2.36. The highest BCUT2D eigenvalue weighted by atomic mass is 32.1. The molecule has 1 aromatic heterocycles. The molecule has 3 nitrogen and oxygen atoms in total. The number of hydrogen-bond donors (Lipinski definition) is 0. The van der Waals surface area contributed by atoms with Crippen LogP contribution in [0.2, 0.25) is 0 Å². The van der Waals surface area contributed by atoms with Gasteiger partial charge in [-0.3, -0.25) is 4.79 Å². The van der Waals surface area contributed by atoms with Crippen LogP contribution in [0.1, 0.15) is 68.2 Å². The molecule has 1 fully saturated rings. The van der Waals surface area contributed by atoms with Gasteiger partial charge in [0.25, 0.3) is 0 Å². The van der Waals surface area contributed by atoms with Crippen LogP contribution < -0.4 is 4.90 Å². The van der Waals surface area contributed by atoms with Crippen LogP contribution in [-0.2, 0) is 0 Å². The molecule has 19 heavy (non-hydrogen) atoms. The topological polar surface area (TPSA) is 33.2 Å². The van der Waals surface area contributed by atoms with Crippen molar-refractivity contribution in [2.24, 2.45) is 5.41 Å². The maximum atomic E-state index is 11.2. The van der Waals surface area contributed by atoms with Gasteiger partial charge in [0.05, 0.1) is 10.6 Å². The molecule has 0 spiro atoms. The Bertz CT molecular complexity index is 443. The highest BCUT2D eigenvalue weighted by molar-refractivity contribution is 7.17. The third-order valence-electron chi connectivity index (χ3n) is 4.24. The van der Waals surface area contributed by atoms with E-state index in [1.807, 2.05) is 0 Å². The lowest BCUT2D eigenvalue weighted by molar-refractivity contribution is 0.112.